The molecule has 4 heteroatoms. The van der Waals surface area contributed by atoms with Crippen molar-refractivity contribution in [1.29, 1.82) is 0 Å². The Kier molecular flexibility index (Phi) is 5.21. The second-order valence-electron chi connectivity index (χ2n) is 4.79. The van der Waals surface area contributed by atoms with Crippen LogP contribution in [-0.2, 0) is 19.1 Å². The van der Waals surface area contributed by atoms with Crippen LogP contribution in [0, 0.1) is 0 Å². The Morgan fingerprint density at radius 3 is 2.19 bits per heavy atom. The molecular weight excluding hydrogens is 208 g/mol. The normalized spacial score (nSPS) is 12.8. The van der Waals surface area contributed by atoms with Gasteiger partial charge in [0.2, 0.25) is 0 Å². The Balaban J connectivity index is 4.06. The summed E-state index contributed by atoms with van der Waals surface area (Å²) in [4.78, 5) is 22.5. The van der Waals surface area contributed by atoms with Crippen LogP contribution in [0.4, 0.5) is 0 Å². The molecule has 4 nitrogen and oxygen atoms in total. The minimum atomic E-state index is -0.519. The first kappa shape index (κ1) is 14.7. The zero-order valence-corrected chi connectivity index (χ0v) is 10.6. The van der Waals surface area contributed by atoms with Crippen LogP contribution < -0.4 is 0 Å². The molecule has 0 fully saturated rings. The third kappa shape index (κ3) is 7.04. The average molecular weight is 228 g/mol. The van der Waals surface area contributed by atoms with Gasteiger partial charge in [0.25, 0.3) is 0 Å². The molecule has 0 N–H and O–H groups in total. The number of ether oxygens (including phenoxy) is 2. The lowest BCUT2D eigenvalue weighted by Crippen LogP contribution is -2.27. The Morgan fingerprint density at radius 2 is 1.81 bits per heavy atom. The highest BCUT2D eigenvalue weighted by Gasteiger charge is 2.20. The van der Waals surface area contributed by atoms with E-state index in [-0.39, 0.29) is 12.4 Å². The van der Waals surface area contributed by atoms with Crippen LogP contribution in [0.1, 0.15) is 41.0 Å². The summed E-state index contributed by atoms with van der Waals surface area (Å²) in [5.74, 6) is -0.870. The zero-order chi connectivity index (χ0) is 12.9. The molecule has 0 aromatic carbocycles. The molecule has 1 unspecified atom stereocenters. The molecule has 0 saturated carbocycles. The molecule has 0 aromatic heterocycles. The second-order valence-corrected chi connectivity index (χ2v) is 4.79. The van der Waals surface area contributed by atoms with Gasteiger partial charge in [-0.15, -0.1) is 0 Å². The van der Waals surface area contributed by atoms with E-state index < -0.39 is 17.7 Å². The Hall–Kier alpha value is -1.32. The van der Waals surface area contributed by atoms with Crippen LogP contribution >= 0.6 is 0 Å². The summed E-state index contributed by atoms with van der Waals surface area (Å²) in [5.41, 5.74) is -0.203. The van der Waals surface area contributed by atoms with Crippen molar-refractivity contribution in [2.75, 3.05) is 0 Å². The van der Waals surface area contributed by atoms with Crippen molar-refractivity contribution in [3.8, 4) is 0 Å². The molecule has 0 bridgehead atoms. The molecule has 16 heavy (non-hydrogen) atoms. The van der Waals surface area contributed by atoms with Crippen molar-refractivity contribution < 1.29 is 19.1 Å². The Labute approximate surface area is 96.6 Å². The molecule has 0 spiro atoms. The van der Waals surface area contributed by atoms with E-state index in [0.717, 1.165) is 0 Å². The van der Waals surface area contributed by atoms with E-state index in [1.165, 1.54) is 0 Å². The number of carbonyl (C=O) groups is 2. The summed E-state index contributed by atoms with van der Waals surface area (Å²) >= 11 is 0. The predicted octanol–water partition coefficient (Wildman–Crippen LogP) is 2.23. The van der Waals surface area contributed by atoms with Gasteiger partial charge in [-0.1, -0.05) is 6.58 Å². The van der Waals surface area contributed by atoms with E-state index in [1.807, 2.05) is 0 Å². The molecule has 0 saturated heterocycles. The highest BCUT2D eigenvalue weighted by Crippen LogP contribution is 2.11. The van der Waals surface area contributed by atoms with Gasteiger partial charge in [0.1, 0.15) is 11.7 Å². The van der Waals surface area contributed by atoms with Gasteiger partial charge in [-0.2, -0.15) is 0 Å². The number of esters is 2. The summed E-state index contributed by atoms with van der Waals surface area (Å²) < 4.78 is 10.1. The van der Waals surface area contributed by atoms with Gasteiger partial charge in [0.15, 0.2) is 0 Å². The molecule has 0 radical (unpaired) electrons. The molecular formula is C12H20O4. The maximum absolute atomic E-state index is 11.4. The Bertz CT molecular complexity index is 286. The highest BCUT2D eigenvalue weighted by atomic mass is 16.6. The van der Waals surface area contributed by atoms with Crippen LogP contribution in [0.2, 0.25) is 0 Å². The second kappa shape index (κ2) is 5.68. The molecule has 0 heterocycles. The number of carbonyl (C=O) groups excluding carboxylic acids is 2. The summed E-state index contributed by atoms with van der Waals surface area (Å²) in [5, 5.41) is 0. The predicted molar refractivity (Wildman–Crippen MR) is 60.8 cm³/mol. The largest absolute Gasteiger partial charge is 0.460 e. The first-order valence-electron chi connectivity index (χ1n) is 5.20. The van der Waals surface area contributed by atoms with Crippen molar-refractivity contribution >= 4 is 11.9 Å². The van der Waals surface area contributed by atoms with Crippen LogP contribution in [-0.4, -0.2) is 23.6 Å². The van der Waals surface area contributed by atoms with Crippen molar-refractivity contribution in [1.82, 2.24) is 0 Å². The Morgan fingerprint density at radius 1 is 1.31 bits per heavy atom. The summed E-state index contributed by atoms with van der Waals surface area (Å²) in [6.45, 7) is 12.0. The minimum Gasteiger partial charge on any atom is -0.460 e. The molecule has 0 amide bonds. The smallest absolute Gasteiger partial charge is 0.333 e. The molecule has 1 atom stereocenters. The van der Waals surface area contributed by atoms with Crippen LogP contribution in [0.5, 0.6) is 0 Å². The maximum Gasteiger partial charge on any atom is 0.333 e. The summed E-state index contributed by atoms with van der Waals surface area (Å²) in [6.07, 6.45) is -0.449. The van der Waals surface area contributed by atoms with E-state index >= 15 is 0 Å². The molecule has 0 rings (SSSR count). The van der Waals surface area contributed by atoms with Crippen molar-refractivity contribution in [3.05, 3.63) is 12.2 Å². The molecule has 0 aliphatic carbocycles. The molecule has 0 aliphatic rings. The van der Waals surface area contributed by atoms with Gasteiger partial charge < -0.3 is 9.47 Å². The third-order valence-electron chi connectivity index (χ3n) is 1.53. The van der Waals surface area contributed by atoms with E-state index in [0.29, 0.717) is 5.57 Å². The van der Waals surface area contributed by atoms with Crippen LogP contribution in [0.25, 0.3) is 0 Å². The fourth-order valence-corrected chi connectivity index (χ4v) is 0.943. The quantitative estimate of drug-likeness (QED) is 0.547. The van der Waals surface area contributed by atoms with E-state index in [1.54, 1.807) is 34.6 Å². The number of rotatable bonds is 4. The van der Waals surface area contributed by atoms with Gasteiger partial charge in [-0.25, -0.2) is 4.79 Å². The highest BCUT2D eigenvalue weighted by molar-refractivity contribution is 5.87. The SMILES string of the molecule is C=C(C)C(=O)OC(C)CC(=O)OC(C)(C)C. The monoisotopic (exact) mass is 228 g/mol. The van der Waals surface area contributed by atoms with E-state index in [9.17, 15) is 9.59 Å². The van der Waals surface area contributed by atoms with Gasteiger partial charge >= 0.3 is 11.9 Å². The van der Waals surface area contributed by atoms with Crippen LogP contribution in [0.15, 0.2) is 12.2 Å². The topological polar surface area (TPSA) is 52.6 Å². The van der Waals surface area contributed by atoms with Gasteiger partial charge in [0, 0.05) is 5.57 Å². The number of hydrogen-bond acceptors (Lipinski definition) is 4. The lowest BCUT2D eigenvalue weighted by atomic mass is 10.2. The van der Waals surface area contributed by atoms with Crippen molar-refractivity contribution in [2.45, 2.75) is 52.7 Å². The fourth-order valence-electron chi connectivity index (χ4n) is 0.943. The molecule has 92 valence electrons. The fraction of sp³-hybridized carbons (Fsp3) is 0.667. The van der Waals surface area contributed by atoms with Crippen molar-refractivity contribution in [2.24, 2.45) is 0 Å². The molecule has 0 aliphatic heterocycles. The number of hydrogen-bond donors (Lipinski definition) is 0. The first-order valence-corrected chi connectivity index (χ1v) is 5.20. The minimum absolute atomic E-state index is 0.0519. The van der Waals surface area contributed by atoms with Gasteiger partial charge in [-0.05, 0) is 34.6 Å². The average Bonchev–Trinajstić information content (AvgIpc) is 1.98. The summed E-state index contributed by atoms with van der Waals surface area (Å²) in [6, 6.07) is 0. The third-order valence-corrected chi connectivity index (χ3v) is 1.53. The zero-order valence-electron chi connectivity index (χ0n) is 10.6. The summed E-state index contributed by atoms with van der Waals surface area (Å²) in [7, 11) is 0. The van der Waals surface area contributed by atoms with Crippen LogP contribution in [0.3, 0.4) is 0 Å². The lowest BCUT2D eigenvalue weighted by molar-refractivity contribution is -0.159. The maximum atomic E-state index is 11.4. The van der Waals surface area contributed by atoms with Crippen molar-refractivity contribution in [3.63, 3.8) is 0 Å². The van der Waals surface area contributed by atoms with E-state index in [2.05, 4.69) is 6.58 Å². The molecule has 0 aromatic rings. The standard InChI is InChI=1S/C12H20O4/c1-8(2)11(14)15-9(3)7-10(13)16-12(4,5)6/h9H,1,7H2,2-6H3. The van der Waals surface area contributed by atoms with E-state index in [4.69, 9.17) is 9.47 Å². The first-order chi connectivity index (χ1) is 7.11. The lowest BCUT2D eigenvalue weighted by Gasteiger charge is -2.21. The van der Waals surface area contributed by atoms with Gasteiger partial charge in [0.05, 0.1) is 6.42 Å². The van der Waals surface area contributed by atoms with Gasteiger partial charge in [-0.3, -0.25) is 4.79 Å².